The monoisotopic (exact) mass is 305 g/mol. The molecular formula is C19H19N3O. The molecule has 4 rings (SSSR count). The minimum atomic E-state index is -0.214. The van der Waals surface area contributed by atoms with Crippen molar-refractivity contribution < 1.29 is 5.11 Å². The van der Waals surface area contributed by atoms with Crippen molar-refractivity contribution in [3.63, 3.8) is 0 Å². The molecule has 0 bridgehead atoms. The number of hydrogen-bond donors (Lipinski definition) is 2. The van der Waals surface area contributed by atoms with Gasteiger partial charge in [-0.05, 0) is 44.5 Å². The Labute approximate surface area is 135 Å². The first-order valence-electron chi connectivity index (χ1n) is 7.77. The average Bonchev–Trinajstić information content (AvgIpc) is 2.89. The average molecular weight is 305 g/mol. The van der Waals surface area contributed by atoms with Gasteiger partial charge in [0.05, 0.1) is 11.4 Å². The van der Waals surface area contributed by atoms with E-state index in [0.29, 0.717) is 0 Å². The lowest BCUT2D eigenvalue weighted by atomic mass is 9.98. The van der Waals surface area contributed by atoms with Crippen LogP contribution in [0.15, 0.2) is 42.5 Å². The standard InChI is InChI=1S/C19H19N3O/c1-11-8-12(2)18-15(9-11)16-10-13(3)21-22(16)19(20-18)14-6-4-5-7-17(14)23/h4-10,19-20,23H,1-3H3/t19-/m0/s1. The Bertz CT molecular complexity index is 911. The van der Waals surface area contributed by atoms with Gasteiger partial charge in [0.15, 0.2) is 6.17 Å². The normalized spacial score (nSPS) is 15.7. The number of nitrogens with zero attached hydrogens (tertiary/aromatic N) is 2. The molecule has 4 heteroatoms. The van der Waals surface area contributed by atoms with Crippen molar-refractivity contribution in [2.45, 2.75) is 26.9 Å². The van der Waals surface area contributed by atoms with E-state index in [0.717, 1.165) is 28.2 Å². The van der Waals surface area contributed by atoms with Gasteiger partial charge in [0.25, 0.3) is 0 Å². The Hall–Kier alpha value is -2.75. The lowest BCUT2D eigenvalue weighted by Gasteiger charge is -2.31. The van der Waals surface area contributed by atoms with Crippen LogP contribution in [0.25, 0.3) is 11.3 Å². The van der Waals surface area contributed by atoms with Crippen LogP contribution >= 0.6 is 0 Å². The van der Waals surface area contributed by atoms with E-state index in [-0.39, 0.29) is 11.9 Å². The topological polar surface area (TPSA) is 50.1 Å². The van der Waals surface area contributed by atoms with E-state index in [9.17, 15) is 5.11 Å². The zero-order valence-electron chi connectivity index (χ0n) is 13.5. The molecular weight excluding hydrogens is 286 g/mol. The third kappa shape index (κ3) is 2.10. The van der Waals surface area contributed by atoms with Crippen LogP contribution in [0.4, 0.5) is 5.69 Å². The van der Waals surface area contributed by atoms with E-state index in [2.05, 4.69) is 42.5 Å². The van der Waals surface area contributed by atoms with E-state index in [1.165, 1.54) is 11.1 Å². The Balaban J connectivity index is 1.97. The van der Waals surface area contributed by atoms with Gasteiger partial charge in [-0.2, -0.15) is 5.10 Å². The van der Waals surface area contributed by atoms with Crippen LogP contribution in [0.3, 0.4) is 0 Å². The van der Waals surface area contributed by atoms with Crippen LogP contribution in [-0.2, 0) is 0 Å². The molecule has 2 heterocycles. The van der Waals surface area contributed by atoms with Crippen LogP contribution in [-0.4, -0.2) is 14.9 Å². The molecule has 0 amide bonds. The maximum atomic E-state index is 10.3. The minimum Gasteiger partial charge on any atom is -0.508 e. The van der Waals surface area contributed by atoms with Crippen molar-refractivity contribution >= 4 is 5.69 Å². The highest BCUT2D eigenvalue weighted by Crippen LogP contribution is 2.42. The number of rotatable bonds is 1. The van der Waals surface area contributed by atoms with E-state index in [1.807, 2.05) is 29.8 Å². The third-order valence-corrected chi connectivity index (χ3v) is 4.37. The molecule has 2 N–H and O–H groups in total. The first-order chi connectivity index (χ1) is 11.0. The molecule has 1 aliphatic heterocycles. The van der Waals surface area contributed by atoms with Crippen LogP contribution in [0.1, 0.15) is 28.6 Å². The molecule has 1 aromatic heterocycles. The van der Waals surface area contributed by atoms with Crippen LogP contribution in [0.5, 0.6) is 5.75 Å². The molecule has 0 fully saturated rings. The van der Waals surface area contributed by atoms with Gasteiger partial charge in [-0.1, -0.05) is 29.8 Å². The fraction of sp³-hybridized carbons (Fsp3) is 0.211. The quantitative estimate of drug-likeness (QED) is 0.710. The largest absolute Gasteiger partial charge is 0.508 e. The summed E-state index contributed by atoms with van der Waals surface area (Å²) in [5, 5.41) is 18.5. The highest BCUT2D eigenvalue weighted by molar-refractivity contribution is 5.82. The molecule has 2 aromatic carbocycles. The number of fused-ring (bicyclic) bond motifs is 3. The second kappa shape index (κ2) is 4.88. The molecule has 1 aliphatic rings. The van der Waals surface area contributed by atoms with E-state index < -0.39 is 0 Å². The summed E-state index contributed by atoms with van der Waals surface area (Å²) in [5.41, 5.74) is 7.57. The van der Waals surface area contributed by atoms with Crippen molar-refractivity contribution in [3.8, 4) is 17.0 Å². The smallest absolute Gasteiger partial charge is 0.150 e. The second-order valence-corrected chi connectivity index (χ2v) is 6.23. The lowest BCUT2D eigenvalue weighted by molar-refractivity contribution is 0.452. The highest BCUT2D eigenvalue weighted by atomic mass is 16.3. The van der Waals surface area contributed by atoms with Gasteiger partial charge in [0.1, 0.15) is 5.75 Å². The van der Waals surface area contributed by atoms with Gasteiger partial charge < -0.3 is 10.4 Å². The maximum Gasteiger partial charge on any atom is 0.150 e. The maximum absolute atomic E-state index is 10.3. The fourth-order valence-corrected chi connectivity index (χ4v) is 3.40. The summed E-state index contributed by atoms with van der Waals surface area (Å²) < 4.78 is 1.96. The van der Waals surface area contributed by atoms with Crippen LogP contribution < -0.4 is 5.32 Å². The van der Waals surface area contributed by atoms with E-state index in [1.54, 1.807) is 6.07 Å². The van der Waals surface area contributed by atoms with Crippen molar-refractivity contribution in [1.29, 1.82) is 0 Å². The summed E-state index contributed by atoms with van der Waals surface area (Å²) in [6, 6.07) is 13.9. The molecule has 0 aliphatic carbocycles. The van der Waals surface area contributed by atoms with Crippen molar-refractivity contribution in [3.05, 3.63) is 64.8 Å². The van der Waals surface area contributed by atoms with Gasteiger partial charge in [0, 0.05) is 16.8 Å². The Morgan fingerprint density at radius 3 is 2.65 bits per heavy atom. The number of para-hydroxylation sites is 1. The first-order valence-corrected chi connectivity index (χ1v) is 7.77. The zero-order valence-corrected chi connectivity index (χ0v) is 13.5. The number of nitrogens with one attached hydrogen (secondary N) is 1. The third-order valence-electron chi connectivity index (χ3n) is 4.37. The number of phenolic OH excluding ortho intramolecular Hbond substituents is 1. The lowest BCUT2D eigenvalue weighted by Crippen LogP contribution is -2.26. The molecule has 3 aromatic rings. The minimum absolute atomic E-state index is 0.214. The highest BCUT2D eigenvalue weighted by Gasteiger charge is 2.28. The van der Waals surface area contributed by atoms with Crippen molar-refractivity contribution in [1.82, 2.24) is 9.78 Å². The van der Waals surface area contributed by atoms with Crippen molar-refractivity contribution in [2.24, 2.45) is 0 Å². The SMILES string of the molecule is Cc1cc(C)c2c(c1)-c1cc(C)nn1[C@@H](c1ccccc1O)N2. The molecule has 116 valence electrons. The molecule has 23 heavy (non-hydrogen) atoms. The number of phenols is 1. The number of anilines is 1. The predicted octanol–water partition coefficient (Wildman–Crippen LogP) is 4.15. The van der Waals surface area contributed by atoms with Gasteiger partial charge in [-0.15, -0.1) is 0 Å². The summed E-state index contributed by atoms with van der Waals surface area (Å²) in [5.74, 6) is 0.275. The summed E-state index contributed by atoms with van der Waals surface area (Å²) in [6.07, 6.45) is -0.214. The summed E-state index contributed by atoms with van der Waals surface area (Å²) in [4.78, 5) is 0. The Morgan fingerprint density at radius 1 is 1.09 bits per heavy atom. The summed E-state index contributed by atoms with van der Waals surface area (Å²) >= 11 is 0. The summed E-state index contributed by atoms with van der Waals surface area (Å²) in [6.45, 7) is 6.21. The van der Waals surface area contributed by atoms with E-state index >= 15 is 0 Å². The van der Waals surface area contributed by atoms with Crippen LogP contribution in [0, 0.1) is 20.8 Å². The van der Waals surface area contributed by atoms with E-state index in [4.69, 9.17) is 0 Å². The second-order valence-electron chi connectivity index (χ2n) is 6.23. The molecule has 0 spiro atoms. The number of aromatic hydroxyl groups is 1. The predicted molar refractivity (Wildman–Crippen MR) is 91.7 cm³/mol. The summed E-state index contributed by atoms with van der Waals surface area (Å²) in [7, 11) is 0. The Morgan fingerprint density at radius 2 is 1.87 bits per heavy atom. The zero-order chi connectivity index (χ0) is 16.1. The molecule has 0 saturated heterocycles. The molecule has 0 unspecified atom stereocenters. The van der Waals surface area contributed by atoms with Crippen molar-refractivity contribution in [2.75, 3.05) is 5.32 Å². The number of aromatic nitrogens is 2. The molecule has 0 saturated carbocycles. The van der Waals surface area contributed by atoms with Crippen LogP contribution in [0.2, 0.25) is 0 Å². The first kappa shape index (κ1) is 13.9. The Kier molecular flexibility index (Phi) is 2.94. The van der Waals surface area contributed by atoms with Gasteiger partial charge in [-0.3, -0.25) is 0 Å². The molecule has 4 nitrogen and oxygen atoms in total. The fourth-order valence-electron chi connectivity index (χ4n) is 3.40. The molecule has 0 radical (unpaired) electrons. The van der Waals surface area contributed by atoms with Gasteiger partial charge >= 0.3 is 0 Å². The molecule has 1 atom stereocenters. The number of hydrogen-bond acceptors (Lipinski definition) is 3. The van der Waals surface area contributed by atoms with Gasteiger partial charge in [0.2, 0.25) is 0 Å². The van der Waals surface area contributed by atoms with Gasteiger partial charge in [-0.25, -0.2) is 4.68 Å². The number of aryl methyl sites for hydroxylation is 3. The number of benzene rings is 2.